The highest BCUT2D eigenvalue weighted by molar-refractivity contribution is 7.90. The van der Waals surface area contributed by atoms with Gasteiger partial charge in [-0.3, -0.25) is 0 Å². The second-order valence-corrected chi connectivity index (χ2v) is 7.34. The Morgan fingerprint density at radius 2 is 1.95 bits per heavy atom. The van der Waals surface area contributed by atoms with Crippen molar-refractivity contribution in [1.82, 2.24) is 5.32 Å². The van der Waals surface area contributed by atoms with Crippen molar-refractivity contribution >= 4 is 9.84 Å². The Bertz CT molecular complexity index is 500. The standard InChI is InChI=1S/C15H25NO3S/c1-4-13(2)14-7-5-6-8-15(14)19-11-9-16-10-12-20(3,17)18/h5-8,13,16H,4,9-12H2,1-3H3. The van der Waals surface area contributed by atoms with Crippen molar-refractivity contribution in [2.45, 2.75) is 26.2 Å². The average molecular weight is 299 g/mol. The fraction of sp³-hybridized carbons (Fsp3) is 0.600. The van der Waals surface area contributed by atoms with Crippen molar-refractivity contribution in [2.24, 2.45) is 0 Å². The van der Waals surface area contributed by atoms with Crippen LogP contribution in [-0.4, -0.2) is 40.1 Å². The summed E-state index contributed by atoms with van der Waals surface area (Å²) in [6, 6.07) is 8.08. The number of para-hydroxylation sites is 1. The van der Waals surface area contributed by atoms with Gasteiger partial charge in [0.1, 0.15) is 22.2 Å². The quantitative estimate of drug-likeness (QED) is 0.710. The lowest BCUT2D eigenvalue weighted by atomic mass is 9.98. The Hall–Kier alpha value is -1.07. The Labute approximate surface area is 122 Å². The molecular weight excluding hydrogens is 274 g/mol. The normalized spacial score (nSPS) is 13.2. The number of benzene rings is 1. The molecule has 0 aromatic heterocycles. The van der Waals surface area contributed by atoms with Crippen LogP contribution >= 0.6 is 0 Å². The molecule has 0 amide bonds. The third-order valence-electron chi connectivity index (χ3n) is 3.25. The molecule has 0 aliphatic heterocycles. The van der Waals surface area contributed by atoms with Crippen molar-refractivity contribution < 1.29 is 13.2 Å². The number of nitrogens with one attached hydrogen (secondary N) is 1. The van der Waals surface area contributed by atoms with Crippen molar-refractivity contribution in [3.8, 4) is 5.75 Å². The molecule has 0 saturated carbocycles. The molecule has 1 rings (SSSR count). The zero-order valence-corrected chi connectivity index (χ0v) is 13.4. The average Bonchev–Trinajstić information content (AvgIpc) is 2.41. The molecule has 0 aliphatic carbocycles. The minimum Gasteiger partial charge on any atom is -0.492 e. The van der Waals surface area contributed by atoms with E-state index < -0.39 is 9.84 Å². The van der Waals surface area contributed by atoms with Crippen molar-refractivity contribution in [1.29, 1.82) is 0 Å². The highest BCUT2D eigenvalue weighted by atomic mass is 32.2. The van der Waals surface area contributed by atoms with Crippen molar-refractivity contribution in [2.75, 3.05) is 31.7 Å². The number of sulfone groups is 1. The Kier molecular flexibility index (Phi) is 7.02. The van der Waals surface area contributed by atoms with Crippen LogP contribution in [0.15, 0.2) is 24.3 Å². The van der Waals surface area contributed by atoms with Crippen LogP contribution in [-0.2, 0) is 9.84 Å². The predicted molar refractivity (Wildman–Crippen MR) is 83.2 cm³/mol. The Balaban J connectivity index is 2.35. The number of rotatable bonds is 9. The fourth-order valence-electron chi connectivity index (χ4n) is 1.85. The van der Waals surface area contributed by atoms with Crippen LogP contribution in [0.1, 0.15) is 31.7 Å². The smallest absolute Gasteiger partial charge is 0.148 e. The first-order valence-corrected chi connectivity index (χ1v) is 9.10. The molecule has 1 aromatic carbocycles. The summed E-state index contributed by atoms with van der Waals surface area (Å²) in [6.45, 7) is 6.00. The zero-order valence-electron chi connectivity index (χ0n) is 12.6. The lowest BCUT2D eigenvalue weighted by molar-refractivity contribution is 0.310. The molecular formula is C15H25NO3S. The van der Waals surface area contributed by atoms with Crippen LogP contribution in [0.25, 0.3) is 0 Å². The maximum absolute atomic E-state index is 11.0. The van der Waals surface area contributed by atoms with Crippen LogP contribution in [0.2, 0.25) is 0 Å². The Morgan fingerprint density at radius 1 is 1.25 bits per heavy atom. The fourth-order valence-corrected chi connectivity index (χ4v) is 2.37. The van der Waals surface area contributed by atoms with Crippen molar-refractivity contribution in [3.05, 3.63) is 29.8 Å². The van der Waals surface area contributed by atoms with Gasteiger partial charge in [0.05, 0.1) is 5.75 Å². The molecule has 1 N–H and O–H groups in total. The van der Waals surface area contributed by atoms with Crippen LogP contribution in [0, 0.1) is 0 Å². The lowest BCUT2D eigenvalue weighted by Gasteiger charge is -2.15. The van der Waals surface area contributed by atoms with Gasteiger partial charge in [-0.15, -0.1) is 0 Å². The van der Waals surface area contributed by atoms with Gasteiger partial charge in [-0.05, 0) is 24.0 Å². The maximum atomic E-state index is 11.0. The maximum Gasteiger partial charge on any atom is 0.148 e. The molecule has 114 valence electrons. The molecule has 0 aliphatic rings. The molecule has 0 bridgehead atoms. The van der Waals surface area contributed by atoms with E-state index in [1.807, 2.05) is 18.2 Å². The molecule has 0 saturated heterocycles. The first-order chi connectivity index (χ1) is 9.44. The molecule has 0 spiro atoms. The van der Waals surface area contributed by atoms with Gasteiger partial charge >= 0.3 is 0 Å². The third-order valence-corrected chi connectivity index (χ3v) is 4.19. The van der Waals surface area contributed by atoms with Gasteiger partial charge in [-0.1, -0.05) is 32.0 Å². The molecule has 5 heteroatoms. The van der Waals surface area contributed by atoms with Crippen LogP contribution in [0.4, 0.5) is 0 Å². The summed E-state index contributed by atoms with van der Waals surface area (Å²) >= 11 is 0. The summed E-state index contributed by atoms with van der Waals surface area (Å²) in [7, 11) is -2.89. The second-order valence-electron chi connectivity index (χ2n) is 5.08. The zero-order chi connectivity index (χ0) is 15.0. The minimum atomic E-state index is -2.89. The number of hydrogen-bond donors (Lipinski definition) is 1. The van der Waals surface area contributed by atoms with Gasteiger partial charge in [0.15, 0.2) is 0 Å². The van der Waals surface area contributed by atoms with E-state index in [0.717, 1.165) is 12.2 Å². The van der Waals surface area contributed by atoms with E-state index in [1.54, 1.807) is 0 Å². The summed E-state index contributed by atoms with van der Waals surface area (Å²) in [5.74, 6) is 1.56. The Morgan fingerprint density at radius 3 is 2.60 bits per heavy atom. The second kappa shape index (κ2) is 8.27. The monoisotopic (exact) mass is 299 g/mol. The van der Waals surface area contributed by atoms with Crippen LogP contribution in [0.5, 0.6) is 5.75 Å². The lowest BCUT2D eigenvalue weighted by Crippen LogP contribution is -2.26. The molecule has 4 nitrogen and oxygen atoms in total. The first-order valence-electron chi connectivity index (χ1n) is 7.04. The van der Waals surface area contributed by atoms with Crippen LogP contribution in [0.3, 0.4) is 0 Å². The van der Waals surface area contributed by atoms with Crippen molar-refractivity contribution in [3.63, 3.8) is 0 Å². The summed E-state index contributed by atoms with van der Waals surface area (Å²) in [4.78, 5) is 0. The molecule has 1 aromatic rings. The van der Waals surface area contributed by atoms with E-state index in [9.17, 15) is 8.42 Å². The van der Waals surface area contributed by atoms with Gasteiger partial charge < -0.3 is 10.1 Å². The molecule has 0 heterocycles. The van der Waals surface area contributed by atoms with Crippen LogP contribution < -0.4 is 10.1 Å². The topological polar surface area (TPSA) is 55.4 Å². The van der Waals surface area contributed by atoms with E-state index in [4.69, 9.17) is 4.74 Å². The van der Waals surface area contributed by atoms with E-state index in [0.29, 0.717) is 25.6 Å². The van der Waals surface area contributed by atoms with E-state index in [2.05, 4.69) is 25.2 Å². The molecule has 1 atom stereocenters. The van der Waals surface area contributed by atoms with E-state index >= 15 is 0 Å². The molecule has 1 unspecified atom stereocenters. The van der Waals surface area contributed by atoms with Gasteiger partial charge in [0.2, 0.25) is 0 Å². The van der Waals surface area contributed by atoms with Gasteiger partial charge in [-0.2, -0.15) is 0 Å². The summed E-state index contributed by atoms with van der Waals surface area (Å²) in [5, 5.41) is 3.07. The number of hydrogen-bond acceptors (Lipinski definition) is 4. The van der Waals surface area contributed by atoms with E-state index in [1.165, 1.54) is 11.8 Å². The SMILES string of the molecule is CCC(C)c1ccccc1OCCNCCS(C)(=O)=O. The highest BCUT2D eigenvalue weighted by Gasteiger charge is 2.09. The molecule has 0 radical (unpaired) electrons. The minimum absolute atomic E-state index is 0.163. The summed E-state index contributed by atoms with van der Waals surface area (Å²) in [6.07, 6.45) is 2.32. The van der Waals surface area contributed by atoms with Gasteiger partial charge in [0, 0.05) is 19.3 Å². The molecule has 20 heavy (non-hydrogen) atoms. The molecule has 0 fully saturated rings. The van der Waals surface area contributed by atoms with E-state index in [-0.39, 0.29) is 5.75 Å². The first kappa shape index (κ1) is 17.0. The predicted octanol–water partition coefficient (Wildman–Crippen LogP) is 2.21. The van der Waals surface area contributed by atoms with Gasteiger partial charge in [-0.25, -0.2) is 8.42 Å². The summed E-state index contributed by atoms with van der Waals surface area (Å²) < 4.78 is 27.7. The third kappa shape index (κ3) is 6.39. The highest BCUT2D eigenvalue weighted by Crippen LogP contribution is 2.28. The largest absolute Gasteiger partial charge is 0.492 e. The van der Waals surface area contributed by atoms with Gasteiger partial charge in [0.25, 0.3) is 0 Å². The summed E-state index contributed by atoms with van der Waals surface area (Å²) in [5.41, 5.74) is 1.23. The number of ether oxygens (including phenoxy) is 1.